The summed E-state index contributed by atoms with van der Waals surface area (Å²) in [6.07, 6.45) is -0.194. The van der Waals surface area contributed by atoms with Gasteiger partial charge >= 0.3 is 33.6 Å². The molecule has 2 atom stereocenters. The van der Waals surface area contributed by atoms with Crippen molar-refractivity contribution in [3.05, 3.63) is 22.0 Å². The summed E-state index contributed by atoms with van der Waals surface area (Å²) < 4.78 is 4.82. The quantitative estimate of drug-likeness (QED) is 0.102. The van der Waals surface area contributed by atoms with Crippen molar-refractivity contribution >= 4 is 44.5 Å². The first kappa shape index (κ1) is 68.9. The van der Waals surface area contributed by atoms with Crippen molar-refractivity contribution < 1.29 is 53.4 Å². The van der Waals surface area contributed by atoms with Crippen molar-refractivity contribution in [3.8, 4) is 0 Å². The molecule has 308 valence electrons. The molecule has 2 unspecified atom stereocenters. The van der Waals surface area contributed by atoms with Crippen LogP contribution in [0.25, 0.3) is 14.6 Å². The summed E-state index contributed by atoms with van der Waals surface area (Å²) in [6, 6.07) is 0. The molecule has 2 N–H and O–H groups in total. The van der Waals surface area contributed by atoms with Gasteiger partial charge in [0.15, 0.2) is 0 Å². The molecule has 0 aliphatic carbocycles. The minimum absolute atomic E-state index is 0. The van der Waals surface area contributed by atoms with E-state index in [0.29, 0.717) is 6.42 Å². The van der Waals surface area contributed by atoms with Crippen molar-refractivity contribution in [2.45, 2.75) is 170 Å². The number of Topliss-reactive ketones (excluding diaryl/α,β-unsaturated/α-hetero) is 2. The van der Waals surface area contributed by atoms with Gasteiger partial charge in [-0.05, 0) is 75.4 Å². The van der Waals surface area contributed by atoms with E-state index in [4.69, 9.17) is 24.8 Å². The average Bonchev–Trinajstić information content (AvgIpc) is 2.57. The second kappa shape index (κ2) is 31.2. The molecule has 0 aliphatic rings. The number of aliphatic hydroxyl groups is 2. The molecule has 0 heterocycles. The van der Waals surface area contributed by atoms with Gasteiger partial charge in [-0.3, -0.25) is 9.59 Å². The van der Waals surface area contributed by atoms with E-state index in [2.05, 4.69) is 144 Å². The Labute approximate surface area is 339 Å². The van der Waals surface area contributed by atoms with Crippen molar-refractivity contribution in [3.63, 3.8) is 0 Å². The SMILES string of the molecule is CC(=O)CC(C)=O.CC(O)CC(C)O.CN(C)CC(C)(C)[N-][Si](C)(C)C.CN(C)CC(C)(C)[N-][Si](C)(C)C.C[Si](C)(C)[N-][Si](C)(C)C.[CH3-].[Co+3].[Co+3]. The van der Waals surface area contributed by atoms with Crippen LogP contribution in [0.15, 0.2) is 0 Å². The second-order valence-corrected chi connectivity index (χ2v) is 37.3. The van der Waals surface area contributed by atoms with Gasteiger partial charge in [0.05, 0.1) is 18.6 Å². The van der Waals surface area contributed by atoms with Gasteiger partial charge in [-0.2, -0.15) is 0 Å². The van der Waals surface area contributed by atoms with E-state index in [1.807, 2.05) is 0 Å². The molecule has 0 amide bonds. The maximum absolute atomic E-state index is 10.0. The predicted molar refractivity (Wildman–Crippen MR) is 229 cm³/mol. The molecule has 0 aliphatic heterocycles. The van der Waals surface area contributed by atoms with Gasteiger partial charge in [0.2, 0.25) is 0 Å². The Morgan fingerprint density at radius 1 is 0.580 bits per heavy atom. The van der Waals surface area contributed by atoms with E-state index in [-0.39, 0.29) is 82.3 Å². The fourth-order valence-electron chi connectivity index (χ4n) is 5.28. The fraction of sp³-hybridized carbons (Fsp3) is 0.914. The molecule has 0 aromatic rings. The zero-order chi connectivity index (χ0) is 39.4. The summed E-state index contributed by atoms with van der Waals surface area (Å²) in [6.45, 7) is 44.5. The van der Waals surface area contributed by atoms with E-state index < -0.39 is 32.9 Å². The molecule has 0 saturated carbocycles. The standard InChI is InChI=1S/2C9H23N2Si.C6H18NSi2.C5H12O2.C5H8O2.CH3.2Co/c2*1-9(2,8-11(3)4)10-12(5,6)7;1-8(2,3)7-9(4,5)6;2*1-4(6)3-5(2)7;;;/h2*8H2,1-7H3;1-6H3;4-7H,3H2,1-2H3;3H2,1-2H3;1H3;;/q3*-1;;;-1;2*+3. The van der Waals surface area contributed by atoms with E-state index in [1.54, 1.807) is 13.8 Å². The van der Waals surface area contributed by atoms with E-state index in [0.717, 1.165) is 13.1 Å². The smallest absolute Gasteiger partial charge is 0.668 e. The Morgan fingerprint density at radius 3 is 0.860 bits per heavy atom. The van der Waals surface area contributed by atoms with Crippen LogP contribution in [-0.2, 0) is 43.1 Å². The summed E-state index contributed by atoms with van der Waals surface area (Å²) in [4.78, 5) is 34.2. The van der Waals surface area contributed by atoms with Gasteiger partial charge in [0.1, 0.15) is 11.6 Å². The van der Waals surface area contributed by atoms with E-state index in [9.17, 15) is 9.59 Å². The van der Waals surface area contributed by atoms with Crippen LogP contribution in [0.4, 0.5) is 0 Å². The van der Waals surface area contributed by atoms with Crippen LogP contribution < -0.4 is 0 Å². The largest absolute Gasteiger partial charge is 3.00 e. The molecule has 0 spiro atoms. The molecule has 0 aromatic heterocycles. The van der Waals surface area contributed by atoms with E-state index >= 15 is 0 Å². The summed E-state index contributed by atoms with van der Waals surface area (Å²) in [5.74, 6) is -0.125. The van der Waals surface area contributed by atoms with Crippen LogP contribution in [0.1, 0.15) is 68.2 Å². The number of rotatable bonds is 14. The van der Waals surface area contributed by atoms with Crippen LogP contribution in [0, 0.1) is 7.43 Å². The molecule has 15 heteroatoms. The molecular weight excluding hydrogens is 785 g/mol. The first-order valence-electron chi connectivity index (χ1n) is 17.1. The summed E-state index contributed by atoms with van der Waals surface area (Å²) >= 11 is 0. The minimum atomic E-state index is -1.26. The van der Waals surface area contributed by atoms with Crippen LogP contribution in [-0.4, -0.2) is 129 Å². The number of carbonyl (C=O) groups excluding carboxylic acids is 2. The maximum Gasteiger partial charge on any atom is 3.00 e. The second-order valence-electron chi connectivity index (χ2n) is 18.6. The first-order chi connectivity index (χ1) is 20.2. The zero-order valence-corrected chi connectivity index (χ0v) is 43.7. The van der Waals surface area contributed by atoms with Crippen LogP contribution >= 0.6 is 0 Å². The third-order valence-corrected chi connectivity index (χ3v) is 12.5. The molecule has 0 saturated heterocycles. The Bertz CT molecular complexity index is 760. The number of likely N-dealkylation sites (N-methyl/N-ethyl adjacent to an activating group) is 2. The van der Waals surface area contributed by atoms with Crippen molar-refractivity contribution in [2.24, 2.45) is 0 Å². The number of nitrogens with zero attached hydrogens (tertiary/aromatic N) is 5. The fourth-order valence-corrected chi connectivity index (χ4v) is 17.1. The van der Waals surface area contributed by atoms with Crippen molar-refractivity contribution in [1.29, 1.82) is 0 Å². The minimum Gasteiger partial charge on any atom is -0.668 e. The van der Waals surface area contributed by atoms with Gasteiger partial charge in [-0.1, -0.05) is 139 Å². The molecule has 0 fully saturated rings. The molecule has 0 radical (unpaired) electrons. The third-order valence-electron chi connectivity index (χ3n) is 4.53. The third kappa shape index (κ3) is 82.4. The number of ketones is 2. The maximum atomic E-state index is 10.0. The molecule has 50 heavy (non-hydrogen) atoms. The number of hydrogen-bond acceptors (Lipinski definition) is 6. The topological polar surface area (TPSA) is 123 Å². The molecule has 9 nitrogen and oxygen atoms in total. The number of aliphatic hydroxyl groups excluding tert-OH is 2. The summed E-state index contributed by atoms with van der Waals surface area (Å²) in [5, 5.41) is 17.1. The van der Waals surface area contributed by atoms with Crippen LogP contribution in [0.2, 0.25) is 78.6 Å². The summed E-state index contributed by atoms with van der Waals surface area (Å²) in [5.41, 5.74) is 0.238. The predicted octanol–water partition coefficient (Wildman–Crippen LogP) is 9.24. The Morgan fingerprint density at radius 2 is 0.800 bits per heavy atom. The van der Waals surface area contributed by atoms with Gasteiger partial charge in [-0.25, -0.2) is 0 Å². The Kier molecular flexibility index (Phi) is 43.0. The normalized spacial score (nSPS) is 13.0. The molecule has 0 rings (SSSR count). The van der Waals surface area contributed by atoms with E-state index in [1.165, 1.54) is 13.8 Å². The average molecular weight is 872 g/mol. The molecule has 0 bridgehead atoms. The van der Waals surface area contributed by atoms with Crippen LogP contribution in [0.5, 0.6) is 0 Å². The van der Waals surface area contributed by atoms with Crippen molar-refractivity contribution in [2.75, 3.05) is 41.3 Å². The zero-order valence-electron chi connectivity index (χ0n) is 37.6. The number of hydrogen-bond donors (Lipinski definition) is 2. The van der Waals surface area contributed by atoms with Gasteiger partial charge in [0, 0.05) is 0 Å². The Balaban J connectivity index is -0.0000000737. The first-order valence-corrected chi connectivity index (χ1v) is 30.9. The monoisotopic (exact) mass is 871 g/mol. The van der Waals surface area contributed by atoms with Crippen LogP contribution in [0.3, 0.4) is 0 Å². The number of carbonyl (C=O) groups is 2. The van der Waals surface area contributed by atoms with Gasteiger partial charge < -0.3 is 42.1 Å². The Hall–Kier alpha value is 0.941. The summed E-state index contributed by atoms with van der Waals surface area (Å²) in [7, 11) is 3.66. The van der Waals surface area contributed by atoms with Crippen molar-refractivity contribution in [1.82, 2.24) is 9.80 Å². The van der Waals surface area contributed by atoms with Gasteiger partial charge in [-0.15, -0.1) is 11.1 Å². The molecule has 0 aromatic carbocycles. The molecular formula is C35H87Co2N5O4Si4+2. The van der Waals surface area contributed by atoms with Gasteiger partial charge in [0.25, 0.3) is 0 Å².